The molecule has 1 heterocycles. The van der Waals surface area contributed by atoms with Gasteiger partial charge in [-0.3, -0.25) is 4.79 Å². The van der Waals surface area contributed by atoms with Crippen molar-refractivity contribution in [3.63, 3.8) is 0 Å². The number of nitrogens with zero attached hydrogens (tertiary/aromatic N) is 3. The molecule has 2 aromatic rings. The lowest BCUT2D eigenvalue weighted by atomic mass is 10.2. The van der Waals surface area contributed by atoms with Crippen molar-refractivity contribution in [1.82, 2.24) is 14.8 Å². The smallest absolute Gasteiger partial charge is 0.234 e. The summed E-state index contributed by atoms with van der Waals surface area (Å²) in [6.07, 6.45) is 0.964. The van der Waals surface area contributed by atoms with Gasteiger partial charge in [-0.1, -0.05) is 44.1 Å². The second kappa shape index (κ2) is 8.48. The highest BCUT2D eigenvalue weighted by Crippen LogP contribution is 2.23. The maximum atomic E-state index is 13.1. The molecule has 0 aliphatic carbocycles. The number of aromatic nitrogens is 3. The minimum atomic E-state index is -0.516. The Bertz CT molecular complexity index is 720. The first-order chi connectivity index (χ1) is 11.4. The Morgan fingerprint density at radius 1 is 1.42 bits per heavy atom. The van der Waals surface area contributed by atoms with Crippen molar-refractivity contribution in [3.8, 4) is 0 Å². The van der Waals surface area contributed by atoms with Crippen LogP contribution in [-0.4, -0.2) is 26.4 Å². The fourth-order valence-electron chi connectivity index (χ4n) is 2.17. The molecule has 0 aliphatic heterocycles. The van der Waals surface area contributed by atoms with Gasteiger partial charge >= 0.3 is 0 Å². The normalized spacial score (nSPS) is 11.1. The van der Waals surface area contributed by atoms with Crippen molar-refractivity contribution in [3.05, 3.63) is 34.9 Å². The van der Waals surface area contributed by atoms with E-state index in [2.05, 4.69) is 40.9 Å². The Balaban J connectivity index is 1.99. The van der Waals surface area contributed by atoms with E-state index in [0.29, 0.717) is 5.69 Å². The van der Waals surface area contributed by atoms with Crippen LogP contribution in [0.25, 0.3) is 0 Å². The van der Waals surface area contributed by atoms with Gasteiger partial charge in [0.2, 0.25) is 5.91 Å². The molecule has 1 N–H and O–H groups in total. The summed E-state index contributed by atoms with van der Waals surface area (Å²) in [6.45, 7) is 7.03. The number of thioether (sulfide) groups is 1. The number of hydrogen-bond donors (Lipinski definition) is 1. The van der Waals surface area contributed by atoms with Gasteiger partial charge in [0, 0.05) is 18.2 Å². The number of amides is 1. The van der Waals surface area contributed by atoms with Crippen molar-refractivity contribution in [1.29, 1.82) is 0 Å². The third kappa shape index (κ3) is 4.70. The van der Waals surface area contributed by atoms with E-state index in [4.69, 9.17) is 11.6 Å². The van der Waals surface area contributed by atoms with Crippen molar-refractivity contribution >= 4 is 35.0 Å². The van der Waals surface area contributed by atoms with Crippen LogP contribution in [0.1, 0.15) is 38.9 Å². The molecule has 0 saturated carbocycles. The summed E-state index contributed by atoms with van der Waals surface area (Å²) in [5.74, 6) is 0.658. The summed E-state index contributed by atoms with van der Waals surface area (Å²) in [6, 6.07) is 4.08. The van der Waals surface area contributed by atoms with Gasteiger partial charge < -0.3 is 9.88 Å². The summed E-state index contributed by atoms with van der Waals surface area (Å²) in [5.41, 5.74) is 0.463. The van der Waals surface area contributed by atoms with Crippen LogP contribution >= 0.6 is 23.4 Å². The van der Waals surface area contributed by atoms with E-state index >= 15 is 0 Å². The van der Waals surface area contributed by atoms with Gasteiger partial charge in [-0.2, -0.15) is 0 Å². The molecule has 0 saturated heterocycles. The van der Waals surface area contributed by atoms with Crippen molar-refractivity contribution in [2.24, 2.45) is 0 Å². The molecule has 1 aromatic heterocycles. The van der Waals surface area contributed by atoms with E-state index in [0.717, 1.165) is 23.9 Å². The standard InChI is InChI=1S/C16H20ClFN4OS/c1-4-7-22-15(10(2)3)20-21-16(22)24-9-14(23)19-11-5-6-13(18)12(17)8-11/h5-6,8,10H,4,7,9H2,1-3H3,(H,19,23). The highest BCUT2D eigenvalue weighted by Gasteiger charge is 2.16. The highest BCUT2D eigenvalue weighted by molar-refractivity contribution is 7.99. The zero-order valence-corrected chi connectivity index (χ0v) is 15.4. The number of rotatable bonds is 7. The topological polar surface area (TPSA) is 59.8 Å². The fourth-order valence-corrected chi connectivity index (χ4v) is 3.12. The van der Waals surface area contributed by atoms with Gasteiger partial charge in [0.25, 0.3) is 0 Å². The minimum Gasteiger partial charge on any atom is -0.325 e. The molecule has 0 atom stereocenters. The van der Waals surface area contributed by atoms with E-state index in [1.165, 1.54) is 30.0 Å². The number of carbonyl (C=O) groups is 1. The molecular weight excluding hydrogens is 351 g/mol. The summed E-state index contributed by atoms with van der Waals surface area (Å²) < 4.78 is 15.2. The SMILES string of the molecule is CCCn1c(SCC(=O)Nc2ccc(F)c(Cl)c2)nnc1C(C)C. The molecule has 130 valence electrons. The molecule has 0 bridgehead atoms. The van der Waals surface area contributed by atoms with E-state index in [-0.39, 0.29) is 22.6 Å². The molecule has 0 unspecified atom stereocenters. The zero-order valence-electron chi connectivity index (χ0n) is 13.8. The number of benzene rings is 1. The predicted molar refractivity (Wildman–Crippen MR) is 95.2 cm³/mol. The lowest BCUT2D eigenvalue weighted by Crippen LogP contribution is -2.15. The summed E-state index contributed by atoms with van der Waals surface area (Å²) in [4.78, 5) is 12.1. The van der Waals surface area contributed by atoms with E-state index < -0.39 is 5.82 Å². The number of anilines is 1. The predicted octanol–water partition coefficient (Wildman–Crippen LogP) is 4.33. The van der Waals surface area contributed by atoms with Crippen LogP contribution in [0.4, 0.5) is 10.1 Å². The van der Waals surface area contributed by atoms with Crippen LogP contribution in [0.5, 0.6) is 0 Å². The van der Waals surface area contributed by atoms with Crippen molar-refractivity contribution in [2.75, 3.05) is 11.1 Å². The Morgan fingerprint density at radius 3 is 2.79 bits per heavy atom. The Hall–Kier alpha value is -1.60. The second-order valence-electron chi connectivity index (χ2n) is 5.61. The monoisotopic (exact) mass is 370 g/mol. The molecule has 24 heavy (non-hydrogen) atoms. The average molecular weight is 371 g/mol. The van der Waals surface area contributed by atoms with Crippen LogP contribution in [-0.2, 0) is 11.3 Å². The molecule has 1 aromatic carbocycles. The highest BCUT2D eigenvalue weighted by atomic mass is 35.5. The maximum absolute atomic E-state index is 13.1. The average Bonchev–Trinajstić information content (AvgIpc) is 2.92. The number of nitrogens with one attached hydrogen (secondary N) is 1. The molecule has 0 fully saturated rings. The summed E-state index contributed by atoms with van der Waals surface area (Å²) >= 11 is 7.04. The van der Waals surface area contributed by atoms with Gasteiger partial charge in [-0.05, 0) is 24.6 Å². The Kier molecular flexibility index (Phi) is 6.62. The third-order valence-electron chi connectivity index (χ3n) is 3.24. The van der Waals surface area contributed by atoms with Crippen LogP contribution in [0.3, 0.4) is 0 Å². The zero-order chi connectivity index (χ0) is 17.7. The molecule has 8 heteroatoms. The van der Waals surface area contributed by atoms with Crippen molar-refractivity contribution in [2.45, 2.75) is 44.8 Å². The fraction of sp³-hybridized carbons (Fsp3) is 0.438. The van der Waals surface area contributed by atoms with Gasteiger partial charge in [0.15, 0.2) is 5.16 Å². The van der Waals surface area contributed by atoms with Crippen LogP contribution in [0.15, 0.2) is 23.4 Å². The van der Waals surface area contributed by atoms with Gasteiger partial charge in [-0.15, -0.1) is 10.2 Å². The van der Waals surface area contributed by atoms with Crippen LogP contribution < -0.4 is 5.32 Å². The number of halogens is 2. The third-order valence-corrected chi connectivity index (χ3v) is 4.50. The molecule has 0 aliphatic rings. The van der Waals surface area contributed by atoms with Crippen molar-refractivity contribution < 1.29 is 9.18 Å². The summed E-state index contributed by atoms with van der Waals surface area (Å²) in [5, 5.41) is 11.8. The largest absolute Gasteiger partial charge is 0.325 e. The number of carbonyl (C=O) groups excluding carboxylic acids is 1. The first kappa shape index (κ1) is 18.7. The second-order valence-corrected chi connectivity index (χ2v) is 6.96. The van der Waals surface area contributed by atoms with Gasteiger partial charge in [0.05, 0.1) is 10.8 Å². The molecular formula is C16H20ClFN4OS. The first-order valence-electron chi connectivity index (χ1n) is 7.73. The molecule has 0 spiro atoms. The van der Waals surface area contributed by atoms with Crippen LogP contribution in [0, 0.1) is 5.82 Å². The molecule has 5 nitrogen and oxygen atoms in total. The maximum Gasteiger partial charge on any atom is 0.234 e. The molecule has 0 radical (unpaired) electrons. The first-order valence-corrected chi connectivity index (χ1v) is 9.09. The lowest BCUT2D eigenvalue weighted by Gasteiger charge is -2.10. The Labute approximate surface area is 150 Å². The van der Waals surface area contributed by atoms with E-state index in [1.807, 2.05) is 0 Å². The van der Waals surface area contributed by atoms with Gasteiger partial charge in [0.1, 0.15) is 11.6 Å². The van der Waals surface area contributed by atoms with E-state index in [9.17, 15) is 9.18 Å². The molecule has 2 rings (SSSR count). The quantitative estimate of drug-likeness (QED) is 0.737. The van der Waals surface area contributed by atoms with E-state index in [1.54, 1.807) is 0 Å². The summed E-state index contributed by atoms with van der Waals surface area (Å²) in [7, 11) is 0. The Morgan fingerprint density at radius 2 is 2.17 bits per heavy atom. The van der Waals surface area contributed by atoms with Crippen LogP contribution in [0.2, 0.25) is 5.02 Å². The van der Waals surface area contributed by atoms with Gasteiger partial charge in [-0.25, -0.2) is 4.39 Å². The minimum absolute atomic E-state index is 0.0234. The lowest BCUT2D eigenvalue weighted by molar-refractivity contribution is -0.113. The molecule has 1 amide bonds. The number of hydrogen-bond acceptors (Lipinski definition) is 4.